The van der Waals surface area contributed by atoms with Crippen molar-refractivity contribution in [3.05, 3.63) is 42.0 Å². The molecule has 5 heteroatoms. The molecule has 4 rings (SSSR count). The number of nitrogens with one attached hydrogen (secondary N) is 1. The molecule has 27 heavy (non-hydrogen) atoms. The van der Waals surface area contributed by atoms with Gasteiger partial charge in [0.25, 0.3) is 0 Å². The van der Waals surface area contributed by atoms with Crippen molar-refractivity contribution < 1.29 is 8.42 Å². The van der Waals surface area contributed by atoms with Gasteiger partial charge in [0, 0.05) is 25.3 Å². The number of nitrogens with zero attached hydrogens (tertiary/aromatic N) is 1. The largest absolute Gasteiger partial charge is 0.299 e. The van der Waals surface area contributed by atoms with Crippen molar-refractivity contribution in [2.45, 2.75) is 44.9 Å². The molecular formula is C22H32N2O2S. The smallest absolute Gasteiger partial charge is 0.229 e. The van der Waals surface area contributed by atoms with E-state index in [1.165, 1.54) is 43.9 Å². The number of hydrogen-bond acceptors (Lipinski definition) is 3. The molecule has 1 aromatic carbocycles. The van der Waals surface area contributed by atoms with Crippen molar-refractivity contribution in [3.8, 4) is 0 Å². The van der Waals surface area contributed by atoms with Crippen LogP contribution in [0.2, 0.25) is 0 Å². The number of piperidine rings is 1. The number of benzene rings is 1. The molecule has 2 aliphatic carbocycles. The quantitative estimate of drug-likeness (QED) is 0.742. The van der Waals surface area contributed by atoms with Crippen LogP contribution in [0.5, 0.6) is 0 Å². The van der Waals surface area contributed by atoms with E-state index in [0.29, 0.717) is 22.9 Å². The second-order valence-corrected chi connectivity index (χ2v) is 10.9. The standard InChI is InChI=1S/C22H32N2O2S/c1-22-16-24(13-7-10-17-8-4-3-5-9-17)15-20(22)21(22)18-11-6-12-19(14-18)23-27(2,25)26/h6-7,10-12,14,17,20-21,23H,3-5,8-9,13,15-16H2,1-2H3. The van der Waals surface area contributed by atoms with Gasteiger partial charge in [-0.05, 0) is 53.7 Å². The van der Waals surface area contributed by atoms with Crippen LogP contribution in [0.15, 0.2) is 36.4 Å². The van der Waals surface area contributed by atoms with Gasteiger partial charge in [-0.1, -0.05) is 50.5 Å². The number of anilines is 1. The fraction of sp³-hybridized carbons (Fsp3) is 0.636. The average molecular weight is 389 g/mol. The summed E-state index contributed by atoms with van der Waals surface area (Å²) in [5.74, 6) is 2.05. The van der Waals surface area contributed by atoms with Crippen molar-refractivity contribution >= 4 is 15.7 Å². The van der Waals surface area contributed by atoms with E-state index in [0.717, 1.165) is 25.6 Å². The molecule has 4 nitrogen and oxygen atoms in total. The molecule has 2 saturated carbocycles. The highest BCUT2D eigenvalue weighted by Crippen LogP contribution is 2.68. The molecule has 0 aromatic heterocycles. The molecule has 3 aliphatic rings. The lowest BCUT2D eigenvalue weighted by molar-refractivity contribution is 0.303. The van der Waals surface area contributed by atoms with E-state index in [4.69, 9.17) is 0 Å². The minimum atomic E-state index is -3.23. The zero-order chi connectivity index (χ0) is 19.1. The average Bonchev–Trinajstić information content (AvgIpc) is 3.02. The summed E-state index contributed by atoms with van der Waals surface area (Å²) in [6, 6.07) is 7.95. The van der Waals surface area contributed by atoms with E-state index in [1.807, 2.05) is 18.2 Å². The first kappa shape index (κ1) is 19.0. The van der Waals surface area contributed by atoms with Crippen LogP contribution < -0.4 is 4.72 Å². The maximum Gasteiger partial charge on any atom is 0.229 e. The second kappa shape index (κ2) is 7.25. The Morgan fingerprint density at radius 1 is 1.26 bits per heavy atom. The highest BCUT2D eigenvalue weighted by molar-refractivity contribution is 7.92. The molecule has 0 radical (unpaired) electrons. The van der Waals surface area contributed by atoms with Crippen LogP contribution in [0.25, 0.3) is 0 Å². The van der Waals surface area contributed by atoms with Gasteiger partial charge in [-0.2, -0.15) is 0 Å². The monoisotopic (exact) mass is 388 g/mol. The van der Waals surface area contributed by atoms with E-state index < -0.39 is 10.0 Å². The summed E-state index contributed by atoms with van der Waals surface area (Å²) in [5, 5.41) is 0. The van der Waals surface area contributed by atoms with Crippen molar-refractivity contribution in [2.75, 3.05) is 30.6 Å². The van der Waals surface area contributed by atoms with Gasteiger partial charge < -0.3 is 0 Å². The summed E-state index contributed by atoms with van der Waals surface area (Å²) in [7, 11) is -3.23. The highest BCUT2D eigenvalue weighted by Gasteiger charge is 2.65. The molecule has 0 bridgehead atoms. The van der Waals surface area contributed by atoms with Crippen LogP contribution in [0.1, 0.15) is 50.5 Å². The van der Waals surface area contributed by atoms with Crippen LogP contribution in [0.4, 0.5) is 5.69 Å². The molecular weight excluding hydrogens is 356 g/mol. The minimum Gasteiger partial charge on any atom is -0.299 e. The lowest BCUT2D eigenvalue weighted by atomic mass is 9.89. The second-order valence-electron chi connectivity index (χ2n) is 9.11. The van der Waals surface area contributed by atoms with E-state index in [-0.39, 0.29) is 0 Å². The third kappa shape index (κ3) is 4.24. The van der Waals surface area contributed by atoms with Crippen molar-refractivity contribution in [2.24, 2.45) is 17.3 Å². The topological polar surface area (TPSA) is 49.4 Å². The van der Waals surface area contributed by atoms with Crippen LogP contribution in [-0.2, 0) is 10.0 Å². The van der Waals surface area contributed by atoms with Crippen LogP contribution in [0.3, 0.4) is 0 Å². The molecule has 3 fully saturated rings. The molecule has 1 saturated heterocycles. The van der Waals surface area contributed by atoms with Crippen LogP contribution >= 0.6 is 0 Å². The Morgan fingerprint density at radius 2 is 2.04 bits per heavy atom. The molecule has 1 aliphatic heterocycles. The molecule has 0 amide bonds. The SMILES string of the molecule is CC12CN(CC=CC3CCCCC3)CC1C2c1cccc(NS(C)(=O)=O)c1. The fourth-order valence-corrected chi connectivity index (χ4v) is 6.06. The van der Waals surface area contributed by atoms with Crippen molar-refractivity contribution in [1.82, 2.24) is 4.90 Å². The molecule has 1 aromatic rings. The number of fused-ring (bicyclic) bond motifs is 1. The van der Waals surface area contributed by atoms with Gasteiger partial charge in [-0.25, -0.2) is 8.42 Å². The predicted molar refractivity (Wildman–Crippen MR) is 111 cm³/mol. The number of allylic oxidation sites excluding steroid dienone is 1. The van der Waals surface area contributed by atoms with Crippen molar-refractivity contribution in [1.29, 1.82) is 0 Å². The van der Waals surface area contributed by atoms with Gasteiger partial charge in [0.2, 0.25) is 10.0 Å². The lowest BCUT2D eigenvalue weighted by Crippen LogP contribution is -2.26. The number of rotatable bonds is 6. The first-order valence-electron chi connectivity index (χ1n) is 10.3. The van der Waals surface area contributed by atoms with Gasteiger partial charge in [0.1, 0.15) is 0 Å². The Morgan fingerprint density at radius 3 is 2.70 bits per heavy atom. The molecule has 3 unspecified atom stereocenters. The van der Waals surface area contributed by atoms with Gasteiger partial charge in [0.15, 0.2) is 0 Å². The number of hydrogen-bond donors (Lipinski definition) is 1. The molecule has 0 spiro atoms. The Labute approximate surface area is 164 Å². The van der Waals surface area contributed by atoms with Crippen LogP contribution in [0, 0.1) is 17.3 Å². The van der Waals surface area contributed by atoms with Crippen LogP contribution in [-0.4, -0.2) is 39.2 Å². The highest BCUT2D eigenvalue weighted by atomic mass is 32.2. The summed E-state index contributed by atoms with van der Waals surface area (Å²) in [4.78, 5) is 2.58. The summed E-state index contributed by atoms with van der Waals surface area (Å²) in [6.45, 7) is 5.76. The number of sulfonamides is 1. The molecule has 148 valence electrons. The Balaban J connectivity index is 1.33. The summed E-state index contributed by atoms with van der Waals surface area (Å²) >= 11 is 0. The zero-order valence-electron chi connectivity index (χ0n) is 16.5. The normalized spacial score (nSPS) is 31.9. The Kier molecular flexibility index (Phi) is 5.10. The van der Waals surface area contributed by atoms with E-state index in [2.05, 4.69) is 34.8 Å². The maximum atomic E-state index is 11.5. The van der Waals surface area contributed by atoms with E-state index >= 15 is 0 Å². The third-order valence-corrected chi connectivity index (χ3v) is 7.45. The first-order chi connectivity index (χ1) is 12.9. The number of likely N-dealkylation sites (tertiary alicyclic amines) is 1. The van der Waals surface area contributed by atoms with Gasteiger partial charge in [-0.15, -0.1) is 0 Å². The molecule has 3 atom stereocenters. The maximum absolute atomic E-state index is 11.5. The van der Waals surface area contributed by atoms with Gasteiger partial charge in [0.05, 0.1) is 6.26 Å². The first-order valence-corrected chi connectivity index (χ1v) is 12.2. The Bertz CT molecular complexity index is 813. The van der Waals surface area contributed by atoms with E-state index in [1.54, 1.807) is 0 Å². The van der Waals surface area contributed by atoms with Crippen molar-refractivity contribution in [3.63, 3.8) is 0 Å². The molecule has 1 heterocycles. The summed E-state index contributed by atoms with van der Waals surface area (Å²) in [5.41, 5.74) is 2.28. The minimum absolute atomic E-state index is 0.336. The summed E-state index contributed by atoms with van der Waals surface area (Å²) in [6.07, 6.45) is 13.0. The third-order valence-electron chi connectivity index (χ3n) is 6.84. The van der Waals surface area contributed by atoms with E-state index in [9.17, 15) is 8.42 Å². The fourth-order valence-electron chi connectivity index (χ4n) is 5.51. The summed E-state index contributed by atoms with van der Waals surface area (Å²) < 4.78 is 25.6. The zero-order valence-corrected chi connectivity index (χ0v) is 17.3. The Hall–Kier alpha value is -1.33. The lowest BCUT2D eigenvalue weighted by Gasteiger charge is -2.22. The predicted octanol–water partition coefficient (Wildman–Crippen LogP) is 4.23. The van der Waals surface area contributed by atoms with Gasteiger partial charge >= 0.3 is 0 Å². The van der Waals surface area contributed by atoms with Gasteiger partial charge in [-0.3, -0.25) is 9.62 Å². The molecule has 1 N–H and O–H groups in total.